The van der Waals surface area contributed by atoms with Crippen molar-refractivity contribution in [2.45, 2.75) is 13.8 Å². The summed E-state index contributed by atoms with van der Waals surface area (Å²) in [5, 5.41) is 0.776. The van der Waals surface area contributed by atoms with Crippen molar-refractivity contribution in [1.82, 2.24) is 10.9 Å². The second-order valence-corrected chi connectivity index (χ2v) is 6.12. The van der Waals surface area contributed by atoms with Crippen molar-refractivity contribution >= 4 is 22.8 Å². The first-order valence-electron chi connectivity index (χ1n) is 8.73. The predicted octanol–water partition coefficient (Wildman–Crippen LogP) is 2.94. The number of rotatable bonds is 4. The van der Waals surface area contributed by atoms with E-state index in [9.17, 15) is 9.59 Å². The first kappa shape index (κ1) is 17.7. The zero-order valence-corrected chi connectivity index (χ0v) is 15.3. The van der Waals surface area contributed by atoms with Gasteiger partial charge in [0.1, 0.15) is 11.3 Å². The number of nitrogens with one attached hydrogen (secondary N) is 2. The smallest absolute Gasteiger partial charge is 0.305 e. The topological polar surface area (TPSA) is 99.0 Å². The van der Waals surface area contributed by atoms with Gasteiger partial charge in [0.25, 0.3) is 5.91 Å². The largest absolute Gasteiger partial charge is 0.494 e. The molecule has 0 radical (unpaired) electrons. The number of hydrazine groups is 1. The molecule has 2 amide bonds. The summed E-state index contributed by atoms with van der Waals surface area (Å²) >= 11 is 0. The van der Waals surface area contributed by atoms with Crippen LogP contribution in [0, 0.1) is 6.92 Å². The van der Waals surface area contributed by atoms with E-state index in [4.69, 9.17) is 18.6 Å². The summed E-state index contributed by atoms with van der Waals surface area (Å²) in [7, 11) is 0. The highest BCUT2D eigenvalue weighted by molar-refractivity contribution is 6.01. The van der Waals surface area contributed by atoms with Gasteiger partial charge in [-0.15, -0.1) is 0 Å². The third kappa shape index (κ3) is 3.20. The summed E-state index contributed by atoms with van der Waals surface area (Å²) in [4.78, 5) is 24.8. The van der Waals surface area contributed by atoms with Crippen molar-refractivity contribution in [3.05, 3.63) is 53.3 Å². The Morgan fingerprint density at radius 3 is 2.64 bits per heavy atom. The number of carbonyl (C=O) groups is 2. The monoisotopic (exact) mass is 382 g/mol. The van der Waals surface area contributed by atoms with Crippen LogP contribution in [0.1, 0.15) is 33.4 Å². The van der Waals surface area contributed by atoms with Gasteiger partial charge in [-0.05, 0) is 50.2 Å². The molecule has 1 aromatic heterocycles. The van der Waals surface area contributed by atoms with Gasteiger partial charge in [0.2, 0.25) is 6.79 Å². The SMILES string of the molecule is CCOc1ccc2oc(C(=O)NNC(=O)c3ccc4c(c3)OCO4)c(C)c2c1. The molecule has 0 fully saturated rings. The molecule has 8 heteroatoms. The van der Waals surface area contributed by atoms with Crippen molar-refractivity contribution in [2.24, 2.45) is 0 Å². The molecular formula is C20H18N2O6. The number of ether oxygens (including phenoxy) is 3. The Morgan fingerprint density at radius 1 is 1.04 bits per heavy atom. The molecular weight excluding hydrogens is 364 g/mol. The van der Waals surface area contributed by atoms with Crippen molar-refractivity contribution < 1.29 is 28.2 Å². The summed E-state index contributed by atoms with van der Waals surface area (Å²) in [6.45, 7) is 4.33. The second-order valence-electron chi connectivity index (χ2n) is 6.12. The van der Waals surface area contributed by atoms with Crippen LogP contribution in [0.4, 0.5) is 0 Å². The molecule has 28 heavy (non-hydrogen) atoms. The molecule has 4 rings (SSSR count). The van der Waals surface area contributed by atoms with Crippen molar-refractivity contribution in [3.63, 3.8) is 0 Å². The molecule has 2 aromatic carbocycles. The summed E-state index contributed by atoms with van der Waals surface area (Å²) in [5.74, 6) is 0.832. The molecule has 2 heterocycles. The number of fused-ring (bicyclic) bond motifs is 2. The number of hydrogen-bond acceptors (Lipinski definition) is 6. The lowest BCUT2D eigenvalue weighted by atomic mass is 10.1. The van der Waals surface area contributed by atoms with Crippen LogP contribution in [-0.4, -0.2) is 25.2 Å². The van der Waals surface area contributed by atoms with Crippen LogP contribution in [0.3, 0.4) is 0 Å². The summed E-state index contributed by atoms with van der Waals surface area (Å²) in [6, 6.07) is 10.1. The molecule has 0 unspecified atom stereocenters. The van der Waals surface area contributed by atoms with Crippen LogP contribution in [0.5, 0.6) is 17.2 Å². The molecule has 0 bridgehead atoms. The fraction of sp³-hybridized carbons (Fsp3) is 0.200. The van der Waals surface area contributed by atoms with Gasteiger partial charge < -0.3 is 18.6 Å². The maximum Gasteiger partial charge on any atom is 0.305 e. The van der Waals surface area contributed by atoms with E-state index in [1.54, 1.807) is 37.3 Å². The molecule has 8 nitrogen and oxygen atoms in total. The number of hydrogen-bond donors (Lipinski definition) is 2. The molecule has 0 atom stereocenters. The minimum atomic E-state index is -0.555. The Hall–Kier alpha value is -3.68. The van der Waals surface area contributed by atoms with Gasteiger partial charge in [0, 0.05) is 16.5 Å². The predicted molar refractivity (Wildman–Crippen MR) is 99.6 cm³/mol. The molecule has 0 saturated heterocycles. The van der Waals surface area contributed by atoms with Crippen LogP contribution < -0.4 is 25.1 Å². The molecule has 1 aliphatic rings. The normalized spacial score (nSPS) is 12.1. The Morgan fingerprint density at radius 2 is 1.82 bits per heavy atom. The van der Waals surface area contributed by atoms with Gasteiger partial charge in [-0.1, -0.05) is 0 Å². The molecule has 3 aromatic rings. The number of benzene rings is 2. The van der Waals surface area contributed by atoms with Crippen LogP contribution in [0.25, 0.3) is 11.0 Å². The molecule has 2 N–H and O–H groups in total. The highest BCUT2D eigenvalue weighted by atomic mass is 16.7. The van der Waals surface area contributed by atoms with E-state index in [1.165, 1.54) is 0 Å². The average molecular weight is 382 g/mol. The van der Waals surface area contributed by atoms with Gasteiger partial charge in [0.05, 0.1) is 6.61 Å². The molecule has 0 aliphatic carbocycles. The zero-order valence-electron chi connectivity index (χ0n) is 15.3. The Bertz CT molecular complexity index is 1070. The highest BCUT2D eigenvalue weighted by Gasteiger charge is 2.20. The maximum atomic E-state index is 12.5. The van der Waals surface area contributed by atoms with Crippen LogP contribution in [0.15, 0.2) is 40.8 Å². The van der Waals surface area contributed by atoms with E-state index in [0.717, 1.165) is 5.39 Å². The van der Waals surface area contributed by atoms with Crippen LogP contribution >= 0.6 is 0 Å². The average Bonchev–Trinajstić information content (AvgIpc) is 3.30. The molecule has 0 saturated carbocycles. The first-order chi connectivity index (χ1) is 13.6. The summed E-state index contributed by atoms with van der Waals surface area (Å²) in [5.41, 5.74) is 6.29. The highest BCUT2D eigenvalue weighted by Crippen LogP contribution is 2.32. The van der Waals surface area contributed by atoms with Gasteiger partial charge in [-0.25, -0.2) is 0 Å². The Labute approximate surface area is 160 Å². The van der Waals surface area contributed by atoms with Gasteiger partial charge in [-0.3, -0.25) is 20.4 Å². The van der Waals surface area contributed by atoms with E-state index >= 15 is 0 Å². The van der Waals surface area contributed by atoms with E-state index in [-0.39, 0.29) is 12.6 Å². The number of carbonyl (C=O) groups excluding carboxylic acids is 2. The van der Waals surface area contributed by atoms with Crippen molar-refractivity contribution in [3.8, 4) is 17.2 Å². The summed E-state index contributed by atoms with van der Waals surface area (Å²) in [6.07, 6.45) is 0. The standard InChI is InChI=1S/C20H18N2O6/c1-3-25-13-5-7-15-14(9-13)11(2)18(28-15)20(24)22-21-19(23)12-4-6-16-17(8-12)27-10-26-16/h4-9H,3,10H2,1-2H3,(H,21,23)(H,22,24). The third-order valence-corrected chi connectivity index (χ3v) is 4.35. The number of amides is 2. The Kier molecular flexibility index (Phi) is 4.52. The van der Waals surface area contributed by atoms with Gasteiger partial charge >= 0.3 is 5.91 Å². The zero-order chi connectivity index (χ0) is 19.7. The molecule has 0 spiro atoms. The van der Waals surface area contributed by atoms with E-state index in [1.807, 2.05) is 13.0 Å². The fourth-order valence-corrected chi connectivity index (χ4v) is 2.95. The van der Waals surface area contributed by atoms with E-state index < -0.39 is 11.8 Å². The van der Waals surface area contributed by atoms with E-state index in [2.05, 4.69) is 10.9 Å². The minimum absolute atomic E-state index is 0.119. The number of aryl methyl sites for hydroxylation is 1. The van der Waals surface area contributed by atoms with Gasteiger partial charge in [-0.2, -0.15) is 0 Å². The van der Waals surface area contributed by atoms with Crippen molar-refractivity contribution in [1.29, 1.82) is 0 Å². The fourth-order valence-electron chi connectivity index (χ4n) is 2.95. The quantitative estimate of drug-likeness (QED) is 0.673. The van der Waals surface area contributed by atoms with E-state index in [0.29, 0.717) is 40.6 Å². The molecule has 1 aliphatic heterocycles. The summed E-state index contributed by atoms with van der Waals surface area (Å²) < 4.78 is 21.6. The van der Waals surface area contributed by atoms with Crippen LogP contribution in [-0.2, 0) is 0 Å². The third-order valence-electron chi connectivity index (χ3n) is 4.35. The lowest BCUT2D eigenvalue weighted by Gasteiger charge is -2.07. The molecule has 144 valence electrons. The van der Waals surface area contributed by atoms with Gasteiger partial charge in [0.15, 0.2) is 17.3 Å². The maximum absolute atomic E-state index is 12.5. The van der Waals surface area contributed by atoms with Crippen molar-refractivity contribution in [2.75, 3.05) is 13.4 Å². The Balaban J connectivity index is 1.47. The van der Waals surface area contributed by atoms with Crippen LogP contribution in [0.2, 0.25) is 0 Å². The minimum Gasteiger partial charge on any atom is -0.494 e. The number of furan rings is 1. The second kappa shape index (κ2) is 7.15. The lowest BCUT2D eigenvalue weighted by Crippen LogP contribution is -2.41. The lowest BCUT2D eigenvalue weighted by molar-refractivity contribution is 0.0831. The first-order valence-corrected chi connectivity index (χ1v) is 8.73.